The van der Waals surface area contributed by atoms with Crippen LogP contribution in [0.5, 0.6) is 0 Å². The maximum Gasteiger partial charge on any atom is 0.254 e. The molecule has 1 aliphatic heterocycles. The van der Waals surface area contributed by atoms with E-state index in [2.05, 4.69) is 29.2 Å². The molecule has 1 aliphatic rings. The van der Waals surface area contributed by atoms with Gasteiger partial charge in [0.05, 0.1) is 0 Å². The van der Waals surface area contributed by atoms with E-state index in [-0.39, 0.29) is 5.91 Å². The van der Waals surface area contributed by atoms with E-state index in [4.69, 9.17) is 0 Å². The van der Waals surface area contributed by atoms with Crippen molar-refractivity contribution in [3.05, 3.63) is 23.4 Å². The first-order valence-corrected chi connectivity index (χ1v) is 7.80. The van der Waals surface area contributed by atoms with E-state index in [9.17, 15) is 4.79 Å². The summed E-state index contributed by atoms with van der Waals surface area (Å²) in [4.78, 5) is 21.5. The minimum absolute atomic E-state index is 0.126. The number of carbonyl (C=O) groups is 1. The highest BCUT2D eigenvalue weighted by molar-refractivity contribution is 5.95. The SMILES string of the molecule is CCCc1cc(C(=O)N2CCCN(C)CC2)cc(NC)n1. The lowest BCUT2D eigenvalue weighted by Crippen LogP contribution is -2.34. The number of rotatable bonds is 4. The summed E-state index contributed by atoms with van der Waals surface area (Å²) in [5.41, 5.74) is 1.74. The zero-order valence-corrected chi connectivity index (χ0v) is 13.4. The number of pyridine rings is 1. The molecule has 116 valence electrons. The predicted molar refractivity (Wildman–Crippen MR) is 85.8 cm³/mol. The molecular weight excluding hydrogens is 264 g/mol. The van der Waals surface area contributed by atoms with Gasteiger partial charge in [0.15, 0.2) is 0 Å². The average Bonchev–Trinajstić information content (AvgIpc) is 2.71. The third-order valence-corrected chi connectivity index (χ3v) is 3.89. The van der Waals surface area contributed by atoms with Gasteiger partial charge in [-0.2, -0.15) is 0 Å². The Morgan fingerprint density at radius 2 is 2.10 bits per heavy atom. The molecule has 1 aromatic rings. The molecule has 0 unspecified atom stereocenters. The Hall–Kier alpha value is -1.62. The molecule has 0 spiro atoms. The fourth-order valence-corrected chi connectivity index (χ4v) is 2.66. The minimum atomic E-state index is 0.126. The van der Waals surface area contributed by atoms with Crippen LogP contribution in [0.3, 0.4) is 0 Å². The second kappa shape index (κ2) is 7.41. The van der Waals surface area contributed by atoms with Crippen LogP contribution in [0.15, 0.2) is 12.1 Å². The van der Waals surface area contributed by atoms with Crippen LogP contribution in [-0.4, -0.2) is 61.0 Å². The molecule has 0 saturated carbocycles. The van der Waals surface area contributed by atoms with Crippen molar-refractivity contribution in [2.24, 2.45) is 0 Å². The first-order chi connectivity index (χ1) is 10.1. The Morgan fingerprint density at radius 3 is 2.81 bits per heavy atom. The molecule has 2 rings (SSSR count). The second-order valence-corrected chi connectivity index (χ2v) is 5.68. The zero-order valence-electron chi connectivity index (χ0n) is 13.4. The van der Waals surface area contributed by atoms with Crippen molar-refractivity contribution in [2.45, 2.75) is 26.2 Å². The van der Waals surface area contributed by atoms with E-state index in [1.165, 1.54) is 0 Å². The molecule has 0 aliphatic carbocycles. The molecule has 1 aromatic heterocycles. The van der Waals surface area contributed by atoms with Gasteiger partial charge in [-0.05, 0) is 38.6 Å². The monoisotopic (exact) mass is 290 g/mol. The van der Waals surface area contributed by atoms with Crippen LogP contribution in [0, 0.1) is 0 Å². The normalized spacial score (nSPS) is 16.6. The highest BCUT2D eigenvalue weighted by atomic mass is 16.2. The summed E-state index contributed by atoms with van der Waals surface area (Å²) >= 11 is 0. The summed E-state index contributed by atoms with van der Waals surface area (Å²) in [6.45, 7) is 5.76. The van der Waals surface area contributed by atoms with Crippen molar-refractivity contribution < 1.29 is 4.79 Å². The molecule has 2 heterocycles. The van der Waals surface area contributed by atoms with E-state index >= 15 is 0 Å². The van der Waals surface area contributed by atoms with Gasteiger partial charge >= 0.3 is 0 Å². The Balaban J connectivity index is 2.19. The topological polar surface area (TPSA) is 48.5 Å². The van der Waals surface area contributed by atoms with Crippen LogP contribution in [0.1, 0.15) is 35.8 Å². The summed E-state index contributed by atoms with van der Waals surface area (Å²) in [6, 6.07) is 3.80. The van der Waals surface area contributed by atoms with Crippen LogP contribution in [0.25, 0.3) is 0 Å². The van der Waals surface area contributed by atoms with Gasteiger partial charge in [-0.25, -0.2) is 4.98 Å². The number of aryl methyl sites for hydroxylation is 1. The summed E-state index contributed by atoms with van der Waals surface area (Å²) < 4.78 is 0. The van der Waals surface area contributed by atoms with Crippen LogP contribution in [-0.2, 0) is 6.42 Å². The third-order valence-electron chi connectivity index (χ3n) is 3.89. The lowest BCUT2D eigenvalue weighted by atomic mass is 10.1. The highest BCUT2D eigenvalue weighted by Crippen LogP contribution is 2.15. The fourth-order valence-electron chi connectivity index (χ4n) is 2.66. The van der Waals surface area contributed by atoms with Gasteiger partial charge in [-0.15, -0.1) is 0 Å². The molecule has 1 N–H and O–H groups in total. The third kappa shape index (κ3) is 4.17. The Kier molecular flexibility index (Phi) is 5.56. The van der Waals surface area contributed by atoms with Crippen molar-refractivity contribution in [1.29, 1.82) is 0 Å². The second-order valence-electron chi connectivity index (χ2n) is 5.68. The van der Waals surface area contributed by atoms with Crippen LogP contribution >= 0.6 is 0 Å². The number of nitrogens with zero attached hydrogens (tertiary/aromatic N) is 3. The van der Waals surface area contributed by atoms with Crippen molar-refractivity contribution in [3.63, 3.8) is 0 Å². The number of likely N-dealkylation sites (N-methyl/N-ethyl adjacent to an activating group) is 1. The number of hydrogen-bond acceptors (Lipinski definition) is 4. The van der Waals surface area contributed by atoms with E-state index in [0.717, 1.165) is 62.5 Å². The van der Waals surface area contributed by atoms with Gasteiger partial charge in [-0.3, -0.25) is 4.79 Å². The first kappa shape index (κ1) is 15.8. The Bertz CT molecular complexity index is 489. The molecule has 1 saturated heterocycles. The lowest BCUT2D eigenvalue weighted by Gasteiger charge is -2.21. The van der Waals surface area contributed by atoms with Crippen molar-refractivity contribution >= 4 is 11.7 Å². The largest absolute Gasteiger partial charge is 0.373 e. The molecule has 5 heteroatoms. The highest BCUT2D eigenvalue weighted by Gasteiger charge is 2.20. The molecule has 0 aromatic carbocycles. The van der Waals surface area contributed by atoms with Gasteiger partial charge in [0.25, 0.3) is 5.91 Å². The van der Waals surface area contributed by atoms with Crippen molar-refractivity contribution in [1.82, 2.24) is 14.8 Å². The average molecular weight is 290 g/mol. The summed E-state index contributed by atoms with van der Waals surface area (Å²) in [5, 5.41) is 3.05. The van der Waals surface area contributed by atoms with E-state index in [1.807, 2.05) is 24.1 Å². The molecule has 0 radical (unpaired) electrons. The Labute approximate surface area is 127 Å². The minimum Gasteiger partial charge on any atom is -0.373 e. The number of hydrogen-bond donors (Lipinski definition) is 1. The summed E-state index contributed by atoms with van der Waals surface area (Å²) in [7, 11) is 3.95. The van der Waals surface area contributed by atoms with Gasteiger partial charge < -0.3 is 15.1 Å². The molecule has 21 heavy (non-hydrogen) atoms. The quantitative estimate of drug-likeness (QED) is 0.919. The summed E-state index contributed by atoms with van der Waals surface area (Å²) in [5.74, 6) is 0.901. The van der Waals surface area contributed by atoms with Crippen LogP contribution < -0.4 is 5.32 Å². The molecule has 0 atom stereocenters. The maximum absolute atomic E-state index is 12.7. The molecule has 1 fully saturated rings. The van der Waals surface area contributed by atoms with Crippen molar-refractivity contribution in [2.75, 3.05) is 45.6 Å². The van der Waals surface area contributed by atoms with Gasteiger partial charge in [0.2, 0.25) is 0 Å². The molecular formula is C16H26N4O. The maximum atomic E-state index is 12.7. The number of anilines is 1. The van der Waals surface area contributed by atoms with Gasteiger partial charge in [-0.1, -0.05) is 13.3 Å². The molecule has 0 bridgehead atoms. The van der Waals surface area contributed by atoms with Crippen molar-refractivity contribution in [3.8, 4) is 0 Å². The lowest BCUT2D eigenvalue weighted by molar-refractivity contribution is 0.0762. The van der Waals surface area contributed by atoms with Crippen LogP contribution in [0.2, 0.25) is 0 Å². The van der Waals surface area contributed by atoms with E-state index in [0.29, 0.717) is 0 Å². The van der Waals surface area contributed by atoms with E-state index in [1.54, 1.807) is 0 Å². The molecule has 5 nitrogen and oxygen atoms in total. The number of aromatic nitrogens is 1. The van der Waals surface area contributed by atoms with Gasteiger partial charge in [0, 0.05) is 37.9 Å². The number of nitrogens with one attached hydrogen (secondary N) is 1. The standard InChI is InChI=1S/C16H26N4O/c1-4-6-14-11-13(12-15(17-2)18-14)16(21)20-8-5-7-19(3)9-10-20/h11-12H,4-10H2,1-3H3,(H,17,18). The first-order valence-electron chi connectivity index (χ1n) is 7.80. The fraction of sp³-hybridized carbons (Fsp3) is 0.625. The number of amides is 1. The molecule has 1 amide bonds. The smallest absolute Gasteiger partial charge is 0.254 e. The summed E-state index contributed by atoms with van der Waals surface area (Å²) in [6.07, 6.45) is 2.97. The number of carbonyl (C=O) groups excluding carboxylic acids is 1. The Morgan fingerprint density at radius 1 is 1.29 bits per heavy atom. The predicted octanol–water partition coefficient (Wildman–Crippen LogP) is 1.85. The van der Waals surface area contributed by atoms with Crippen LogP contribution in [0.4, 0.5) is 5.82 Å². The zero-order chi connectivity index (χ0) is 15.2. The van der Waals surface area contributed by atoms with E-state index < -0.39 is 0 Å². The van der Waals surface area contributed by atoms with Gasteiger partial charge in [0.1, 0.15) is 5.82 Å².